The average molecular weight is 410 g/mol. The molecule has 27 heavy (non-hydrogen) atoms. The maximum Gasteiger partial charge on any atom is 0.220 e. The average Bonchev–Trinajstić information content (AvgIpc) is 3.02. The predicted octanol–water partition coefficient (Wildman–Crippen LogP) is 4.15. The van der Waals surface area contributed by atoms with Crippen LogP contribution < -0.4 is 11.1 Å². The zero-order valence-electron chi connectivity index (χ0n) is 15.6. The van der Waals surface area contributed by atoms with Gasteiger partial charge in [0.05, 0.1) is 11.7 Å². The number of amides is 1. The Labute approximate surface area is 174 Å². The Morgan fingerprint density at radius 2 is 1.93 bits per heavy atom. The maximum atomic E-state index is 12.6. The number of aromatic nitrogens is 1. The maximum absolute atomic E-state index is 12.6. The zero-order chi connectivity index (χ0) is 17.6. The van der Waals surface area contributed by atoms with Crippen molar-refractivity contribution < 1.29 is 4.79 Å². The SMILES string of the molecule is Cc1ccc(CC(NC(=O)C[C@@H]2CCC[C@H]2N)c2ccccn2)cc1.Cl.Cl. The molecule has 1 fully saturated rings. The number of hydrogen-bond acceptors (Lipinski definition) is 3. The number of halogens is 2. The van der Waals surface area contributed by atoms with Crippen molar-refractivity contribution in [3.63, 3.8) is 0 Å². The standard InChI is InChI=1S/C21H27N3O.2ClH/c1-15-8-10-16(11-9-15)13-20(19-7-2-3-12-23-19)24-21(25)14-17-5-4-6-18(17)22;;/h2-3,7-12,17-18,20H,4-6,13-14,22H2,1H3,(H,24,25);2*1H/t17-,18+,20?;;/m0../s1. The van der Waals surface area contributed by atoms with Crippen LogP contribution in [0.3, 0.4) is 0 Å². The van der Waals surface area contributed by atoms with E-state index in [0.29, 0.717) is 12.3 Å². The summed E-state index contributed by atoms with van der Waals surface area (Å²) in [7, 11) is 0. The van der Waals surface area contributed by atoms with Crippen LogP contribution in [0.1, 0.15) is 48.5 Å². The van der Waals surface area contributed by atoms with Gasteiger partial charge in [0.15, 0.2) is 0 Å². The lowest BCUT2D eigenvalue weighted by Crippen LogP contribution is -2.34. The fourth-order valence-electron chi connectivity index (χ4n) is 3.58. The molecule has 0 bridgehead atoms. The molecule has 0 spiro atoms. The number of aryl methyl sites for hydroxylation is 1. The van der Waals surface area contributed by atoms with E-state index >= 15 is 0 Å². The molecule has 148 valence electrons. The molecule has 3 rings (SSSR count). The lowest BCUT2D eigenvalue weighted by molar-refractivity contribution is -0.122. The normalized spacial score (nSPS) is 19.5. The highest BCUT2D eigenvalue weighted by Gasteiger charge is 2.27. The van der Waals surface area contributed by atoms with Crippen molar-refractivity contribution in [3.8, 4) is 0 Å². The minimum atomic E-state index is -0.117. The molecule has 1 aromatic carbocycles. The Balaban J connectivity index is 0.00000182. The Hall–Kier alpha value is -1.62. The Kier molecular flexibility index (Phi) is 9.78. The molecule has 2 aromatic rings. The third kappa shape index (κ3) is 6.80. The number of pyridine rings is 1. The van der Waals surface area contributed by atoms with Gasteiger partial charge in [-0.3, -0.25) is 9.78 Å². The van der Waals surface area contributed by atoms with Gasteiger partial charge >= 0.3 is 0 Å². The Morgan fingerprint density at radius 3 is 2.52 bits per heavy atom. The summed E-state index contributed by atoms with van der Waals surface area (Å²) >= 11 is 0. The largest absolute Gasteiger partial charge is 0.347 e. The molecule has 1 unspecified atom stereocenters. The molecule has 0 aliphatic heterocycles. The molecule has 1 aliphatic carbocycles. The number of hydrogen-bond donors (Lipinski definition) is 2. The van der Waals surface area contributed by atoms with E-state index < -0.39 is 0 Å². The molecule has 3 atom stereocenters. The smallest absolute Gasteiger partial charge is 0.220 e. The molecule has 1 aliphatic rings. The second-order valence-corrected chi connectivity index (χ2v) is 7.12. The van der Waals surface area contributed by atoms with E-state index in [9.17, 15) is 4.79 Å². The summed E-state index contributed by atoms with van der Waals surface area (Å²) in [6, 6.07) is 14.3. The number of benzene rings is 1. The second kappa shape index (κ2) is 11.3. The van der Waals surface area contributed by atoms with Crippen molar-refractivity contribution in [1.82, 2.24) is 10.3 Å². The number of rotatable bonds is 6. The van der Waals surface area contributed by atoms with Gasteiger partial charge in [-0.1, -0.05) is 42.3 Å². The van der Waals surface area contributed by atoms with Crippen molar-refractivity contribution >= 4 is 30.7 Å². The van der Waals surface area contributed by atoms with Crippen molar-refractivity contribution in [2.45, 2.75) is 51.1 Å². The topological polar surface area (TPSA) is 68.0 Å². The van der Waals surface area contributed by atoms with Crippen LogP contribution in [0.15, 0.2) is 48.7 Å². The molecular weight excluding hydrogens is 381 g/mol. The van der Waals surface area contributed by atoms with Crippen LogP contribution in [0.5, 0.6) is 0 Å². The first kappa shape index (κ1) is 23.4. The van der Waals surface area contributed by atoms with Crippen LogP contribution in [0.4, 0.5) is 0 Å². The first-order valence-electron chi connectivity index (χ1n) is 9.13. The van der Waals surface area contributed by atoms with Gasteiger partial charge in [0.1, 0.15) is 0 Å². The summed E-state index contributed by atoms with van der Waals surface area (Å²) in [6.45, 7) is 2.08. The van der Waals surface area contributed by atoms with Gasteiger partial charge in [0, 0.05) is 18.7 Å². The highest BCUT2D eigenvalue weighted by atomic mass is 35.5. The van der Waals surface area contributed by atoms with E-state index in [0.717, 1.165) is 31.4 Å². The van der Waals surface area contributed by atoms with Crippen molar-refractivity contribution in [2.75, 3.05) is 0 Å². The van der Waals surface area contributed by atoms with E-state index in [1.807, 2.05) is 18.2 Å². The summed E-state index contributed by atoms with van der Waals surface area (Å²) in [6.07, 6.45) is 6.24. The third-order valence-corrected chi connectivity index (χ3v) is 5.11. The summed E-state index contributed by atoms with van der Waals surface area (Å²) < 4.78 is 0. The molecule has 6 heteroatoms. The van der Waals surface area contributed by atoms with Crippen LogP contribution in [0.2, 0.25) is 0 Å². The van der Waals surface area contributed by atoms with E-state index in [-0.39, 0.29) is 42.8 Å². The van der Waals surface area contributed by atoms with Crippen LogP contribution in [0.25, 0.3) is 0 Å². The van der Waals surface area contributed by atoms with Crippen LogP contribution in [-0.4, -0.2) is 16.9 Å². The first-order chi connectivity index (χ1) is 12.1. The summed E-state index contributed by atoms with van der Waals surface area (Å²) in [5, 5.41) is 3.19. The summed E-state index contributed by atoms with van der Waals surface area (Å²) in [4.78, 5) is 17.0. The highest BCUT2D eigenvalue weighted by molar-refractivity contribution is 5.85. The molecule has 0 saturated heterocycles. The predicted molar refractivity (Wildman–Crippen MR) is 114 cm³/mol. The van der Waals surface area contributed by atoms with Gasteiger partial charge in [-0.25, -0.2) is 0 Å². The van der Waals surface area contributed by atoms with Crippen LogP contribution in [-0.2, 0) is 11.2 Å². The molecule has 0 radical (unpaired) electrons. The summed E-state index contributed by atoms with van der Waals surface area (Å²) in [5.41, 5.74) is 9.44. The number of carbonyl (C=O) groups excluding carboxylic acids is 1. The van der Waals surface area contributed by atoms with E-state index in [4.69, 9.17) is 5.73 Å². The number of nitrogens with two attached hydrogens (primary N) is 1. The van der Waals surface area contributed by atoms with Crippen molar-refractivity contribution in [2.24, 2.45) is 11.7 Å². The van der Waals surface area contributed by atoms with Gasteiger partial charge in [0.25, 0.3) is 0 Å². The van der Waals surface area contributed by atoms with Crippen LogP contribution in [0, 0.1) is 12.8 Å². The lowest BCUT2D eigenvalue weighted by Gasteiger charge is -2.21. The molecule has 3 N–H and O–H groups in total. The highest BCUT2D eigenvalue weighted by Crippen LogP contribution is 2.27. The quantitative estimate of drug-likeness (QED) is 0.752. The fourth-order valence-corrected chi connectivity index (χ4v) is 3.58. The van der Waals surface area contributed by atoms with E-state index in [1.54, 1.807) is 6.20 Å². The third-order valence-electron chi connectivity index (χ3n) is 5.11. The Morgan fingerprint density at radius 1 is 1.19 bits per heavy atom. The van der Waals surface area contributed by atoms with Gasteiger partial charge in [-0.15, -0.1) is 24.8 Å². The second-order valence-electron chi connectivity index (χ2n) is 7.12. The first-order valence-corrected chi connectivity index (χ1v) is 9.13. The molecule has 1 aromatic heterocycles. The minimum Gasteiger partial charge on any atom is -0.347 e. The van der Waals surface area contributed by atoms with Gasteiger partial charge in [-0.2, -0.15) is 0 Å². The van der Waals surface area contributed by atoms with Crippen molar-refractivity contribution in [3.05, 3.63) is 65.5 Å². The van der Waals surface area contributed by atoms with Crippen molar-refractivity contribution in [1.29, 1.82) is 0 Å². The number of nitrogens with zero attached hydrogens (tertiary/aromatic N) is 1. The molecular formula is C21H29Cl2N3O. The lowest BCUT2D eigenvalue weighted by atomic mass is 9.98. The minimum absolute atomic E-state index is 0. The van der Waals surface area contributed by atoms with E-state index in [1.165, 1.54) is 11.1 Å². The molecule has 1 heterocycles. The number of carbonyl (C=O) groups is 1. The van der Waals surface area contributed by atoms with Gasteiger partial charge in [0.2, 0.25) is 5.91 Å². The van der Waals surface area contributed by atoms with E-state index in [2.05, 4.69) is 41.5 Å². The van der Waals surface area contributed by atoms with Crippen LogP contribution >= 0.6 is 24.8 Å². The molecule has 1 amide bonds. The number of nitrogens with one attached hydrogen (secondary N) is 1. The van der Waals surface area contributed by atoms with Gasteiger partial charge < -0.3 is 11.1 Å². The van der Waals surface area contributed by atoms with Gasteiger partial charge in [-0.05, 0) is 49.8 Å². The Bertz CT molecular complexity index is 694. The summed E-state index contributed by atoms with van der Waals surface area (Å²) in [5.74, 6) is 0.383. The fraction of sp³-hybridized carbons (Fsp3) is 0.429. The monoisotopic (exact) mass is 409 g/mol. The zero-order valence-corrected chi connectivity index (χ0v) is 17.3. The molecule has 4 nitrogen and oxygen atoms in total. The molecule has 1 saturated carbocycles.